The lowest BCUT2D eigenvalue weighted by molar-refractivity contribution is -0.122. The molecular formula is C17H17N3O. The summed E-state index contributed by atoms with van der Waals surface area (Å²) in [4.78, 5) is 12.0. The molecule has 21 heavy (non-hydrogen) atoms. The molecule has 0 aliphatic heterocycles. The molecule has 1 atom stereocenters. The third-order valence-corrected chi connectivity index (χ3v) is 3.16. The maximum atomic E-state index is 12.0. The largest absolute Gasteiger partial charge is 0.351 e. The third kappa shape index (κ3) is 4.44. The van der Waals surface area contributed by atoms with Gasteiger partial charge in [-0.05, 0) is 29.7 Å². The van der Waals surface area contributed by atoms with Gasteiger partial charge in [-0.3, -0.25) is 4.79 Å². The molecule has 106 valence electrons. The first-order valence-electron chi connectivity index (χ1n) is 6.75. The number of nitrogens with one attached hydrogen (secondary N) is 1. The Labute approximate surface area is 124 Å². The van der Waals surface area contributed by atoms with Gasteiger partial charge < -0.3 is 11.1 Å². The molecule has 3 N–H and O–H groups in total. The van der Waals surface area contributed by atoms with Crippen molar-refractivity contribution in [3.63, 3.8) is 0 Å². The number of carbonyl (C=O) groups is 1. The van der Waals surface area contributed by atoms with Crippen LogP contribution in [0.25, 0.3) is 0 Å². The van der Waals surface area contributed by atoms with Gasteiger partial charge in [0.2, 0.25) is 5.91 Å². The van der Waals surface area contributed by atoms with Crippen molar-refractivity contribution in [1.82, 2.24) is 5.32 Å². The highest BCUT2D eigenvalue weighted by atomic mass is 16.2. The van der Waals surface area contributed by atoms with E-state index >= 15 is 0 Å². The molecule has 0 aromatic heterocycles. The number of rotatable bonds is 5. The standard InChI is InChI=1S/C17H17N3O/c18-11-14-7-4-8-15(9-14)12-20-17(21)16(19)10-13-5-2-1-3-6-13/h1-9,16H,10,12,19H2,(H,20,21)/t16-/m1/s1. The normalized spacial score (nSPS) is 11.4. The molecule has 2 aromatic carbocycles. The number of nitrogens with zero attached hydrogens (tertiary/aromatic N) is 1. The van der Waals surface area contributed by atoms with Crippen LogP contribution in [0, 0.1) is 11.3 Å². The number of nitrogens with two attached hydrogens (primary N) is 1. The molecular weight excluding hydrogens is 262 g/mol. The summed E-state index contributed by atoms with van der Waals surface area (Å²) in [7, 11) is 0. The summed E-state index contributed by atoms with van der Waals surface area (Å²) >= 11 is 0. The minimum Gasteiger partial charge on any atom is -0.351 e. The lowest BCUT2D eigenvalue weighted by Gasteiger charge is -2.12. The summed E-state index contributed by atoms with van der Waals surface area (Å²) in [6.07, 6.45) is 0.505. The number of benzene rings is 2. The Kier molecular flexibility index (Phi) is 5.08. The molecule has 0 bridgehead atoms. The maximum absolute atomic E-state index is 12.0. The second-order valence-corrected chi connectivity index (χ2v) is 4.83. The van der Waals surface area contributed by atoms with Crippen LogP contribution in [0.3, 0.4) is 0 Å². The quantitative estimate of drug-likeness (QED) is 0.875. The van der Waals surface area contributed by atoms with Crippen molar-refractivity contribution in [2.75, 3.05) is 0 Å². The zero-order valence-electron chi connectivity index (χ0n) is 11.6. The van der Waals surface area contributed by atoms with E-state index in [9.17, 15) is 4.79 Å². The van der Waals surface area contributed by atoms with Gasteiger partial charge in [0, 0.05) is 6.54 Å². The minimum absolute atomic E-state index is 0.193. The van der Waals surface area contributed by atoms with E-state index in [1.54, 1.807) is 18.2 Å². The van der Waals surface area contributed by atoms with Gasteiger partial charge in [-0.2, -0.15) is 5.26 Å². The Bertz CT molecular complexity index is 647. The fourth-order valence-electron chi connectivity index (χ4n) is 2.03. The first-order chi connectivity index (χ1) is 10.2. The fraction of sp³-hybridized carbons (Fsp3) is 0.176. The van der Waals surface area contributed by atoms with Gasteiger partial charge in [0.15, 0.2) is 0 Å². The van der Waals surface area contributed by atoms with Gasteiger partial charge >= 0.3 is 0 Å². The smallest absolute Gasteiger partial charge is 0.237 e. The van der Waals surface area contributed by atoms with E-state index < -0.39 is 6.04 Å². The Balaban J connectivity index is 1.88. The van der Waals surface area contributed by atoms with Crippen molar-refractivity contribution in [3.05, 3.63) is 71.3 Å². The fourth-order valence-corrected chi connectivity index (χ4v) is 2.03. The van der Waals surface area contributed by atoms with Crippen molar-refractivity contribution in [1.29, 1.82) is 5.26 Å². The molecule has 0 radical (unpaired) electrons. The van der Waals surface area contributed by atoms with Crippen LogP contribution in [0.2, 0.25) is 0 Å². The van der Waals surface area contributed by atoms with Crippen molar-refractivity contribution in [3.8, 4) is 6.07 Å². The topological polar surface area (TPSA) is 78.9 Å². The molecule has 0 saturated carbocycles. The third-order valence-electron chi connectivity index (χ3n) is 3.16. The SMILES string of the molecule is N#Cc1cccc(CNC(=O)[C@H](N)Cc2ccccc2)c1. The first-order valence-corrected chi connectivity index (χ1v) is 6.75. The molecule has 0 spiro atoms. The van der Waals surface area contributed by atoms with E-state index in [1.807, 2.05) is 36.4 Å². The molecule has 4 nitrogen and oxygen atoms in total. The number of hydrogen-bond acceptors (Lipinski definition) is 3. The predicted molar refractivity (Wildman–Crippen MR) is 81.1 cm³/mol. The molecule has 0 aliphatic carbocycles. The van der Waals surface area contributed by atoms with Gasteiger partial charge in [-0.1, -0.05) is 42.5 Å². The molecule has 0 aliphatic rings. The second-order valence-electron chi connectivity index (χ2n) is 4.83. The van der Waals surface area contributed by atoms with Crippen molar-refractivity contribution >= 4 is 5.91 Å². The highest BCUT2D eigenvalue weighted by molar-refractivity contribution is 5.81. The average Bonchev–Trinajstić information content (AvgIpc) is 2.53. The molecule has 0 saturated heterocycles. The van der Waals surface area contributed by atoms with Crippen LogP contribution >= 0.6 is 0 Å². The summed E-state index contributed by atoms with van der Waals surface area (Å²) < 4.78 is 0. The van der Waals surface area contributed by atoms with Crippen LogP contribution in [0.5, 0.6) is 0 Å². The van der Waals surface area contributed by atoms with Crippen molar-refractivity contribution in [2.45, 2.75) is 19.0 Å². The maximum Gasteiger partial charge on any atom is 0.237 e. The monoisotopic (exact) mass is 279 g/mol. The Morgan fingerprint density at radius 1 is 1.14 bits per heavy atom. The van der Waals surface area contributed by atoms with Crippen molar-refractivity contribution in [2.24, 2.45) is 5.73 Å². The van der Waals surface area contributed by atoms with Gasteiger partial charge in [0.25, 0.3) is 0 Å². The summed E-state index contributed by atoms with van der Waals surface area (Å²) in [5.41, 5.74) is 8.40. The highest BCUT2D eigenvalue weighted by Gasteiger charge is 2.13. The molecule has 2 aromatic rings. The number of hydrogen-bond donors (Lipinski definition) is 2. The number of nitriles is 1. The molecule has 0 heterocycles. The van der Waals surface area contributed by atoms with Crippen LogP contribution in [-0.2, 0) is 17.8 Å². The lowest BCUT2D eigenvalue weighted by Crippen LogP contribution is -2.41. The molecule has 1 amide bonds. The van der Waals surface area contributed by atoms with E-state index in [-0.39, 0.29) is 5.91 Å². The van der Waals surface area contributed by atoms with Gasteiger partial charge in [0.05, 0.1) is 17.7 Å². The van der Waals surface area contributed by atoms with Crippen LogP contribution in [0.15, 0.2) is 54.6 Å². The Morgan fingerprint density at radius 2 is 1.86 bits per heavy atom. The summed E-state index contributed by atoms with van der Waals surface area (Å²) in [6.45, 7) is 0.372. The zero-order chi connectivity index (χ0) is 15.1. The Morgan fingerprint density at radius 3 is 2.57 bits per heavy atom. The van der Waals surface area contributed by atoms with E-state index in [0.717, 1.165) is 11.1 Å². The van der Waals surface area contributed by atoms with Crippen LogP contribution < -0.4 is 11.1 Å². The Hall–Kier alpha value is -2.64. The second kappa shape index (κ2) is 7.22. The van der Waals surface area contributed by atoms with E-state index in [4.69, 9.17) is 11.0 Å². The van der Waals surface area contributed by atoms with E-state index in [1.165, 1.54) is 0 Å². The highest BCUT2D eigenvalue weighted by Crippen LogP contribution is 2.05. The van der Waals surface area contributed by atoms with Gasteiger partial charge in [-0.25, -0.2) is 0 Å². The number of amides is 1. The number of carbonyl (C=O) groups excluding carboxylic acids is 1. The van der Waals surface area contributed by atoms with E-state index in [2.05, 4.69) is 11.4 Å². The molecule has 4 heteroatoms. The van der Waals surface area contributed by atoms with E-state index in [0.29, 0.717) is 18.5 Å². The van der Waals surface area contributed by atoms with Gasteiger partial charge in [0.1, 0.15) is 0 Å². The summed E-state index contributed by atoms with van der Waals surface area (Å²) in [5.74, 6) is -0.193. The minimum atomic E-state index is -0.577. The lowest BCUT2D eigenvalue weighted by atomic mass is 10.1. The molecule has 0 fully saturated rings. The average molecular weight is 279 g/mol. The van der Waals surface area contributed by atoms with Crippen LogP contribution in [-0.4, -0.2) is 11.9 Å². The zero-order valence-corrected chi connectivity index (χ0v) is 11.6. The summed E-state index contributed by atoms with van der Waals surface area (Å²) in [5, 5.41) is 11.6. The summed E-state index contributed by atoms with van der Waals surface area (Å²) in [6, 6.07) is 18.3. The van der Waals surface area contributed by atoms with Crippen molar-refractivity contribution < 1.29 is 4.79 Å². The van der Waals surface area contributed by atoms with Gasteiger partial charge in [-0.15, -0.1) is 0 Å². The molecule has 2 rings (SSSR count). The molecule has 0 unspecified atom stereocenters. The van der Waals surface area contributed by atoms with Crippen LogP contribution in [0.1, 0.15) is 16.7 Å². The van der Waals surface area contributed by atoms with Crippen LogP contribution in [0.4, 0.5) is 0 Å². The predicted octanol–water partition coefficient (Wildman–Crippen LogP) is 1.74. The first kappa shape index (κ1) is 14.8.